The van der Waals surface area contributed by atoms with Gasteiger partial charge in [-0.3, -0.25) is 0 Å². The van der Waals surface area contributed by atoms with Crippen molar-refractivity contribution >= 4 is 11.3 Å². The van der Waals surface area contributed by atoms with Gasteiger partial charge in [-0.2, -0.15) is 0 Å². The smallest absolute Gasteiger partial charge is 0.123 e. The Bertz CT molecular complexity index is 804. The minimum absolute atomic E-state index is 0.0713. The van der Waals surface area contributed by atoms with Gasteiger partial charge in [0.15, 0.2) is 0 Å². The average molecular weight is 356 g/mol. The van der Waals surface area contributed by atoms with Gasteiger partial charge in [0.25, 0.3) is 0 Å². The standard InChI is InChI=1S/C20H21FN2OS/c1-20(14-24,16-5-3-2-4-6-16)13-22-11-18-12-25-19(23-18)15-7-9-17(21)10-8-15/h2-10,12,22,24H,11,13-14H2,1H3. The van der Waals surface area contributed by atoms with Gasteiger partial charge < -0.3 is 10.4 Å². The second-order valence-corrected chi connectivity index (χ2v) is 7.20. The maximum absolute atomic E-state index is 13.0. The molecule has 0 spiro atoms. The molecule has 5 heteroatoms. The molecule has 1 heterocycles. The molecule has 0 fully saturated rings. The van der Waals surface area contributed by atoms with Crippen LogP contribution in [0, 0.1) is 5.82 Å². The van der Waals surface area contributed by atoms with E-state index in [1.54, 1.807) is 23.5 Å². The van der Waals surface area contributed by atoms with Gasteiger partial charge in [0.2, 0.25) is 0 Å². The first-order valence-corrected chi connectivity index (χ1v) is 9.06. The zero-order valence-corrected chi connectivity index (χ0v) is 14.9. The van der Waals surface area contributed by atoms with Crippen LogP contribution in [0.3, 0.4) is 0 Å². The molecular weight excluding hydrogens is 335 g/mol. The lowest BCUT2D eigenvalue weighted by atomic mass is 9.83. The van der Waals surface area contributed by atoms with E-state index in [-0.39, 0.29) is 17.8 Å². The molecule has 3 rings (SSSR count). The Balaban J connectivity index is 1.61. The number of thiazole rings is 1. The fourth-order valence-corrected chi connectivity index (χ4v) is 3.50. The van der Waals surface area contributed by atoms with Crippen molar-refractivity contribution in [1.82, 2.24) is 10.3 Å². The Morgan fingerprint density at radius 1 is 1.12 bits per heavy atom. The number of rotatable bonds is 7. The van der Waals surface area contributed by atoms with Gasteiger partial charge in [-0.25, -0.2) is 9.37 Å². The predicted molar refractivity (Wildman–Crippen MR) is 100 cm³/mol. The van der Waals surface area contributed by atoms with Gasteiger partial charge in [0.05, 0.1) is 12.3 Å². The molecule has 0 saturated heterocycles. The summed E-state index contributed by atoms with van der Waals surface area (Å²) in [4.78, 5) is 4.60. The van der Waals surface area contributed by atoms with Crippen LogP contribution in [0.15, 0.2) is 60.0 Å². The highest BCUT2D eigenvalue weighted by Crippen LogP contribution is 2.25. The molecule has 0 radical (unpaired) electrons. The van der Waals surface area contributed by atoms with Crippen LogP contribution in [-0.2, 0) is 12.0 Å². The lowest BCUT2D eigenvalue weighted by molar-refractivity contribution is 0.201. The van der Waals surface area contributed by atoms with Crippen LogP contribution in [0.25, 0.3) is 10.6 Å². The van der Waals surface area contributed by atoms with Crippen LogP contribution >= 0.6 is 11.3 Å². The molecule has 0 bridgehead atoms. The van der Waals surface area contributed by atoms with Crippen LogP contribution in [-0.4, -0.2) is 23.2 Å². The molecule has 0 saturated carbocycles. The van der Waals surface area contributed by atoms with E-state index in [0.29, 0.717) is 13.1 Å². The summed E-state index contributed by atoms with van der Waals surface area (Å²) >= 11 is 1.55. The fourth-order valence-electron chi connectivity index (χ4n) is 2.67. The lowest BCUT2D eigenvalue weighted by Crippen LogP contribution is -2.38. The van der Waals surface area contributed by atoms with Gasteiger partial charge in [-0.05, 0) is 29.8 Å². The average Bonchev–Trinajstić information content (AvgIpc) is 3.12. The van der Waals surface area contributed by atoms with Crippen LogP contribution in [0.2, 0.25) is 0 Å². The molecule has 2 aromatic carbocycles. The minimum atomic E-state index is -0.336. The molecule has 1 atom stereocenters. The maximum Gasteiger partial charge on any atom is 0.123 e. The van der Waals surface area contributed by atoms with Crippen LogP contribution < -0.4 is 5.32 Å². The number of hydrogen-bond acceptors (Lipinski definition) is 4. The zero-order chi connectivity index (χ0) is 17.7. The number of aliphatic hydroxyl groups excluding tert-OH is 1. The second kappa shape index (κ2) is 7.87. The summed E-state index contributed by atoms with van der Waals surface area (Å²) < 4.78 is 13.0. The van der Waals surface area contributed by atoms with E-state index in [0.717, 1.165) is 21.8 Å². The van der Waals surface area contributed by atoms with Crippen LogP contribution in [0.1, 0.15) is 18.2 Å². The van der Waals surface area contributed by atoms with E-state index in [9.17, 15) is 9.50 Å². The third kappa shape index (κ3) is 4.31. The number of aromatic nitrogens is 1. The molecule has 2 N–H and O–H groups in total. The molecule has 1 unspecified atom stereocenters. The SMILES string of the molecule is CC(CO)(CNCc1csc(-c2ccc(F)cc2)n1)c1ccccc1. The molecule has 3 aromatic rings. The Morgan fingerprint density at radius 3 is 2.52 bits per heavy atom. The molecule has 1 aromatic heterocycles. The molecule has 0 amide bonds. The Labute approximate surface area is 151 Å². The topological polar surface area (TPSA) is 45.1 Å². The number of aliphatic hydroxyl groups is 1. The highest BCUT2D eigenvalue weighted by molar-refractivity contribution is 7.13. The van der Waals surface area contributed by atoms with Crippen molar-refractivity contribution in [2.45, 2.75) is 18.9 Å². The zero-order valence-electron chi connectivity index (χ0n) is 14.1. The van der Waals surface area contributed by atoms with Gasteiger partial charge in [0, 0.05) is 29.4 Å². The van der Waals surface area contributed by atoms with Crippen molar-refractivity contribution < 1.29 is 9.50 Å². The van der Waals surface area contributed by atoms with Crippen LogP contribution in [0.4, 0.5) is 4.39 Å². The number of nitrogens with one attached hydrogen (secondary N) is 1. The highest BCUT2D eigenvalue weighted by Gasteiger charge is 2.25. The first-order valence-electron chi connectivity index (χ1n) is 8.18. The molecule has 3 nitrogen and oxygen atoms in total. The number of hydrogen-bond donors (Lipinski definition) is 2. The van der Waals surface area contributed by atoms with Gasteiger partial charge >= 0.3 is 0 Å². The predicted octanol–water partition coefficient (Wildman–Crippen LogP) is 3.99. The quantitative estimate of drug-likeness (QED) is 0.673. The molecule has 0 aliphatic heterocycles. The molecule has 0 aliphatic carbocycles. The van der Waals surface area contributed by atoms with Crippen molar-refractivity contribution in [3.8, 4) is 10.6 Å². The van der Waals surface area contributed by atoms with Gasteiger partial charge in [-0.15, -0.1) is 11.3 Å². The van der Waals surface area contributed by atoms with Crippen LogP contribution in [0.5, 0.6) is 0 Å². The molecule has 130 valence electrons. The maximum atomic E-state index is 13.0. The largest absolute Gasteiger partial charge is 0.395 e. The lowest BCUT2D eigenvalue weighted by Gasteiger charge is -2.28. The number of nitrogens with zero attached hydrogens (tertiary/aromatic N) is 1. The van der Waals surface area contributed by atoms with E-state index in [4.69, 9.17) is 0 Å². The summed E-state index contributed by atoms with van der Waals surface area (Å²) in [5.74, 6) is -0.244. The highest BCUT2D eigenvalue weighted by atomic mass is 32.1. The summed E-state index contributed by atoms with van der Waals surface area (Å²) in [6.07, 6.45) is 0. The Morgan fingerprint density at radius 2 is 1.84 bits per heavy atom. The summed E-state index contributed by atoms with van der Waals surface area (Å²) in [6.45, 7) is 3.39. The van der Waals surface area contributed by atoms with Crippen molar-refractivity contribution in [2.75, 3.05) is 13.2 Å². The first kappa shape index (κ1) is 17.7. The third-order valence-corrected chi connectivity index (χ3v) is 5.22. The number of benzene rings is 2. The van der Waals surface area contributed by atoms with Gasteiger partial charge in [0.1, 0.15) is 10.8 Å². The molecular formula is C20H21FN2OS. The van der Waals surface area contributed by atoms with E-state index in [1.165, 1.54) is 12.1 Å². The third-order valence-electron chi connectivity index (χ3n) is 4.28. The Hall–Kier alpha value is -2.08. The molecule has 25 heavy (non-hydrogen) atoms. The van der Waals surface area contributed by atoms with E-state index >= 15 is 0 Å². The summed E-state index contributed by atoms with van der Waals surface area (Å²) in [7, 11) is 0. The summed E-state index contributed by atoms with van der Waals surface area (Å²) in [5.41, 5.74) is 2.63. The van der Waals surface area contributed by atoms with E-state index in [2.05, 4.69) is 10.3 Å². The van der Waals surface area contributed by atoms with E-state index in [1.807, 2.05) is 42.6 Å². The fraction of sp³-hybridized carbons (Fsp3) is 0.250. The Kier molecular flexibility index (Phi) is 5.58. The monoisotopic (exact) mass is 356 g/mol. The summed E-state index contributed by atoms with van der Waals surface area (Å²) in [6, 6.07) is 16.4. The van der Waals surface area contributed by atoms with Crippen molar-refractivity contribution in [3.63, 3.8) is 0 Å². The summed E-state index contributed by atoms with van der Waals surface area (Å²) in [5, 5.41) is 16.1. The first-order chi connectivity index (χ1) is 12.1. The normalized spacial score (nSPS) is 13.6. The van der Waals surface area contributed by atoms with Gasteiger partial charge in [-0.1, -0.05) is 37.3 Å². The van der Waals surface area contributed by atoms with E-state index < -0.39 is 0 Å². The van der Waals surface area contributed by atoms with Crippen molar-refractivity contribution in [1.29, 1.82) is 0 Å². The van der Waals surface area contributed by atoms with Crippen molar-refractivity contribution in [3.05, 3.63) is 77.1 Å². The minimum Gasteiger partial charge on any atom is -0.395 e. The second-order valence-electron chi connectivity index (χ2n) is 6.34. The number of halogens is 1. The molecule has 0 aliphatic rings. The van der Waals surface area contributed by atoms with Crippen molar-refractivity contribution in [2.24, 2.45) is 0 Å².